The highest BCUT2D eigenvalue weighted by Crippen LogP contribution is 2.14. The highest BCUT2D eigenvalue weighted by atomic mass is 16.7. The Morgan fingerprint density at radius 3 is 2.58 bits per heavy atom. The number of hydrogen-bond donors (Lipinski definition) is 0. The first-order chi connectivity index (χ1) is 9.13. The van der Waals surface area contributed by atoms with Crippen LogP contribution in [0.2, 0.25) is 0 Å². The molecule has 0 saturated heterocycles. The van der Waals surface area contributed by atoms with Crippen molar-refractivity contribution < 1.29 is 14.3 Å². The van der Waals surface area contributed by atoms with Crippen molar-refractivity contribution in [1.82, 2.24) is 9.55 Å². The Morgan fingerprint density at radius 1 is 1.26 bits per heavy atom. The monoisotopic (exact) mass is 260 g/mol. The van der Waals surface area contributed by atoms with E-state index >= 15 is 0 Å². The van der Waals surface area contributed by atoms with Crippen LogP contribution in [0.15, 0.2) is 41.3 Å². The summed E-state index contributed by atoms with van der Waals surface area (Å²) in [5.74, 6) is 0.0246. The molecular weight excluding hydrogens is 248 g/mol. The predicted octanol–water partition coefficient (Wildman–Crippen LogP) is 1.59. The molecule has 0 radical (unpaired) electrons. The second-order valence-corrected chi connectivity index (χ2v) is 3.73. The molecule has 0 aliphatic rings. The molecule has 0 spiro atoms. The van der Waals surface area contributed by atoms with Gasteiger partial charge in [0, 0.05) is 12.6 Å². The largest absolute Gasteiger partial charge is 0.514 e. The number of benzene rings is 1. The molecule has 0 N–H and O–H groups in total. The standard InChI is InChI=1S/C13H12N2O4/c1-15-10(19-13(17)18-2)8-14-11(12(15)16)9-6-4-3-5-7-9/h3-8H,1-2H3. The fraction of sp³-hybridized carbons (Fsp3) is 0.154. The van der Waals surface area contributed by atoms with Gasteiger partial charge in [0.1, 0.15) is 5.69 Å². The number of carbonyl (C=O) groups is 1. The van der Waals surface area contributed by atoms with E-state index in [1.807, 2.05) is 18.2 Å². The zero-order chi connectivity index (χ0) is 13.8. The van der Waals surface area contributed by atoms with Crippen LogP contribution in [0.4, 0.5) is 4.79 Å². The van der Waals surface area contributed by atoms with E-state index in [2.05, 4.69) is 9.72 Å². The first-order valence-electron chi connectivity index (χ1n) is 5.50. The third-order valence-electron chi connectivity index (χ3n) is 2.54. The topological polar surface area (TPSA) is 70.4 Å². The Morgan fingerprint density at radius 2 is 1.95 bits per heavy atom. The molecule has 0 saturated carbocycles. The third kappa shape index (κ3) is 2.62. The van der Waals surface area contributed by atoms with Gasteiger partial charge in [-0.3, -0.25) is 9.36 Å². The van der Waals surface area contributed by atoms with Gasteiger partial charge in [-0.15, -0.1) is 0 Å². The number of hydrogen-bond acceptors (Lipinski definition) is 5. The van der Waals surface area contributed by atoms with Crippen LogP contribution in [0.1, 0.15) is 0 Å². The molecule has 6 heteroatoms. The molecule has 0 amide bonds. The maximum atomic E-state index is 12.1. The average Bonchev–Trinajstić information content (AvgIpc) is 2.45. The minimum atomic E-state index is -0.899. The highest BCUT2D eigenvalue weighted by molar-refractivity contribution is 5.63. The molecule has 0 atom stereocenters. The van der Waals surface area contributed by atoms with Gasteiger partial charge in [-0.2, -0.15) is 0 Å². The van der Waals surface area contributed by atoms with Crippen LogP contribution in [0.25, 0.3) is 11.3 Å². The molecule has 0 fully saturated rings. The van der Waals surface area contributed by atoms with Gasteiger partial charge in [0.2, 0.25) is 5.88 Å². The predicted molar refractivity (Wildman–Crippen MR) is 67.9 cm³/mol. The zero-order valence-corrected chi connectivity index (χ0v) is 10.5. The summed E-state index contributed by atoms with van der Waals surface area (Å²) in [5.41, 5.74) is 0.639. The lowest BCUT2D eigenvalue weighted by molar-refractivity contribution is 0.117. The maximum Gasteiger partial charge on any atom is 0.514 e. The Kier molecular flexibility index (Phi) is 3.61. The first-order valence-corrected chi connectivity index (χ1v) is 5.50. The fourth-order valence-corrected chi connectivity index (χ4v) is 1.54. The van der Waals surface area contributed by atoms with E-state index in [0.29, 0.717) is 11.3 Å². The van der Waals surface area contributed by atoms with Gasteiger partial charge >= 0.3 is 6.16 Å². The van der Waals surface area contributed by atoms with E-state index in [1.54, 1.807) is 12.1 Å². The molecule has 19 heavy (non-hydrogen) atoms. The number of ether oxygens (including phenoxy) is 2. The van der Waals surface area contributed by atoms with Gasteiger partial charge in [0.05, 0.1) is 13.3 Å². The fourth-order valence-electron chi connectivity index (χ4n) is 1.54. The molecular formula is C13H12N2O4. The minimum absolute atomic E-state index is 0.0246. The van der Waals surface area contributed by atoms with Crippen LogP contribution in [0.3, 0.4) is 0 Å². The van der Waals surface area contributed by atoms with E-state index in [4.69, 9.17) is 4.74 Å². The summed E-state index contributed by atoms with van der Waals surface area (Å²) in [5, 5.41) is 0. The van der Waals surface area contributed by atoms with Crippen molar-refractivity contribution in [3.63, 3.8) is 0 Å². The van der Waals surface area contributed by atoms with Gasteiger partial charge < -0.3 is 9.47 Å². The van der Waals surface area contributed by atoms with Gasteiger partial charge in [-0.25, -0.2) is 9.78 Å². The molecule has 1 aromatic heterocycles. The van der Waals surface area contributed by atoms with E-state index in [9.17, 15) is 9.59 Å². The smallest absolute Gasteiger partial charge is 0.437 e. The van der Waals surface area contributed by atoms with Crippen LogP contribution in [-0.4, -0.2) is 22.8 Å². The van der Waals surface area contributed by atoms with Gasteiger partial charge in [-0.1, -0.05) is 30.3 Å². The lowest BCUT2D eigenvalue weighted by Crippen LogP contribution is -2.23. The van der Waals surface area contributed by atoms with Crippen molar-refractivity contribution in [3.8, 4) is 17.1 Å². The normalized spacial score (nSPS) is 10.0. The van der Waals surface area contributed by atoms with E-state index < -0.39 is 6.16 Å². The number of rotatable bonds is 2. The summed E-state index contributed by atoms with van der Waals surface area (Å²) >= 11 is 0. The van der Waals surface area contributed by atoms with E-state index in [-0.39, 0.29) is 11.4 Å². The number of carbonyl (C=O) groups excluding carboxylic acids is 1. The minimum Gasteiger partial charge on any atom is -0.437 e. The Bertz CT molecular complexity index is 649. The summed E-state index contributed by atoms with van der Waals surface area (Å²) in [6.07, 6.45) is 0.407. The van der Waals surface area contributed by atoms with Gasteiger partial charge in [0.15, 0.2) is 0 Å². The number of methoxy groups -OCH3 is 1. The Balaban J connectivity index is 2.44. The third-order valence-corrected chi connectivity index (χ3v) is 2.54. The van der Waals surface area contributed by atoms with Gasteiger partial charge in [0.25, 0.3) is 5.56 Å². The first kappa shape index (κ1) is 12.8. The highest BCUT2D eigenvalue weighted by Gasteiger charge is 2.12. The average molecular weight is 260 g/mol. The number of aromatic nitrogens is 2. The van der Waals surface area contributed by atoms with Crippen molar-refractivity contribution in [2.45, 2.75) is 0 Å². The van der Waals surface area contributed by atoms with Gasteiger partial charge in [-0.05, 0) is 0 Å². The van der Waals surface area contributed by atoms with Crippen molar-refractivity contribution in [2.24, 2.45) is 7.05 Å². The second-order valence-electron chi connectivity index (χ2n) is 3.73. The Labute approximate surface area is 109 Å². The van der Waals surface area contributed by atoms with Crippen molar-refractivity contribution in [3.05, 3.63) is 46.9 Å². The van der Waals surface area contributed by atoms with Crippen LogP contribution < -0.4 is 10.3 Å². The van der Waals surface area contributed by atoms with E-state index in [1.165, 1.54) is 24.9 Å². The second kappa shape index (κ2) is 5.34. The molecule has 6 nitrogen and oxygen atoms in total. The Hall–Kier alpha value is -2.63. The molecule has 2 aromatic rings. The van der Waals surface area contributed by atoms with Crippen LogP contribution >= 0.6 is 0 Å². The van der Waals surface area contributed by atoms with Crippen LogP contribution in [-0.2, 0) is 11.8 Å². The molecule has 0 bridgehead atoms. The molecule has 2 rings (SSSR count). The molecule has 0 unspecified atom stereocenters. The SMILES string of the molecule is COC(=O)Oc1cnc(-c2ccccc2)c(=O)n1C. The molecule has 0 aliphatic carbocycles. The van der Waals surface area contributed by atoms with Crippen molar-refractivity contribution >= 4 is 6.16 Å². The van der Waals surface area contributed by atoms with Crippen molar-refractivity contribution in [2.75, 3.05) is 7.11 Å². The molecule has 1 heterocycles. The summed E-state index contributed by atoms with van der Waals surface area (Å²) < 4.78 is 10.4. The van der Waals surface area contributed by atoms with Crippen LogP contribution in [0, 0.1) is 0 Å². The van der Waals surface area contributed by atoms with E-state index in [0.717, 1.165) is 0 Å². The summed E-state index contributed by atoms with van der Waals surface area (Å²) in [7, 11) is 2.68. The van der Waals surface area contributed by atoms with Crippen molar-refractivity contribution in [1.29, 1.82) is 0 Å². The molecule has 0 aliphatic heterocycles. The molecule has 98 valence electrons. The lowest BCUT2D eigenvalue weighted by atomic mass is 10.1. The molecule has 1 aromatic carbocycles. The summed E-state index contributed by atoms with van der Waals surface area (Å²) in [6.45, 7) is 0. The number of nitrogens with zero attached hydrogens (tertiary/aromatic N) is 2. The lowest BCUT2D eigenvalue weighted by Gasteiger charge is -2.08. The maximum absolute atomic E-state index is 12.1. The quantitative estimate of drug-likeness (QED) is 0.767. The summed E-state index contributed by atoms with van der Waals surface area (Å²) in [4.78, 5) is 27.2. The van der Waals surface area contributed by atoms with Crippen LogP contribution in [0.5, 0.6) is 5.88 Å². The summed E-state index contributed by atoms with van der Waals surface area (Å²) in [6, 6.07) is 9.04. The zero-order valence-electron chi connectivity index (χ0n) is 10.5.